The van der Waals surface area contributed by atoms with Gasteiger partial charge in [0.1, 0.15) is 5.75 Å². The van der Waals surface area contributed by atoms with E-state index in [0.29, 0.717) is 16.6 Å². The van der Waals surface area contributed by atoms with Crippen molar-refractivity contribution >= 4 is 39.5 Å². The lowest BCUT2D eigenvalue weighted by Crippen LogP contribution is -2.19. The number of hydrogen-bond acceptors (Lipinski definition) is 6. The SMILES string of the molecule is COc1cccc(NC(=O)Nc2nnc(-c3cccs3)s2)c1. The number of nitrogens with one attached hydrogen (secondary N) is 2. The number of anilines is 2. The quantitative estimate of drug-likeness (QED) is 0.759. The molecule has 8 heteroatoms. The highest BCUT2D eigenvalue weighted by atomic mass is 32.1. The van der Waals surface area contributed by atoms with E-state index >= 15 is 0 Å². The zero-order valence-corrected chi connectivity index (χ0v) is 13.2. The monoisotopic (exact) mass is 332 g/mol. The summed E-state index contributed by atoms with van der Waals surface area (Å²) in [5.74, 6) is 0.675. The molecule has 0 spiro atoms. The molecule has 0 aliphatic heterocycles. The van der Waals surface area contributed by atoms with E-state index in [-0.39, 0.29) is 6.03 Å². The van der Waals surface area contributed by atoms with Gasteiger partial charge in [0.25, 0.3) is 0 Å². The van der Waals surface area contributed by atoms with E-state index in [2.05, 4.69) is 20.8 Å². The van der Waals surface area contributed by atoms with Gasteiger partial charge < -0.3 is 10.1 Å². The van der Waals surface area contributed by atoms with E-state index in [1.54, 1.807) is 42.7 Å². The summed E-state index contributed by atoms with van der Waals surface area (Å²) in [5, 5.41) is 16.6. The second kappa shape index (κ2) is 6.54. The molecule has 0 aliphatic carbocycles. The van der Waals surface area contributed by atoms with Crippen LogP contribution in [0.5, 0.6) is 5.75 Å². The van der Waals surface area contributed by atoms with Gasteiger partial charge in [0.2, 0.25) is 5.13 Å². The number of thiophene rings is 1. The molecule has 0 fully saturated rings. The molecule has 112 valence electrons. The Morgan fingerprint density at radius 1 is 1.18 bits per heavy atom. The van der Waals surface area contributed by atoms with Crippen molar-refractivity contribution in [1.82, 2.24) is 10.2 Å². The predicted octanol–water partition coefficient (Wildman–Crippen LogP) is 3.92. The van der Waals surface area contributed by atoms with E-state index in [9.17, 15) is 4.79 Å². The van der Waals surface area contributed by atoms with Gasteiger partial charge in [0, 0.05) is 11.8 Å². The number of carbonyl (C=O) groups excluding carboxylic acids is 1. The summed E-state index contributed by atoms with van der Waals surface area (Å²) < 4.78 is 5.11. The van der Waals surface area contributed by atoms with Crippen LogP contribution in [0.15, 0.2) is 41.8 Å². The Balaban J connectivity index is 1.64. The number of hydrogen-bond donors (Lipinski definition) is 2. The second-order valence-electron chi connectivity index (χ2n) is 4.20. The molecule has 2 amide bonds. The van der Waals surface area contributed by atoms with E-state index in [1.165, 1.54) is 11.3 Å². The molecule has 2 N–H and O–H groups in total. The Labute approximate surface area is 134 Å². The van der Waals surface area contributed by atoms with Gasteiger partial charge in [0.05, 0.1) is 12.0 Å². The lowest BCUT2D eigenvalue weighted by atomic mass is 10.3. The Morgan fingerprint density at radius 3 is 2.86 bits per heavy atom. The molecular formula is C14H12N4O2S2. The second-order valence-corrected chi connectivity index (χ2v) is 6.13. The van der Waals surface area contributed by atoms with Gasteiger partial charge in [-0.15, -0.1) is 21.5 Å². The van der Waals surface area contributed by atoms with Crippen LogP contribution >= 0.6 is 22.7 Å². The fourth-order valence-electron chi connectivity index (χ4n) is 1.73. The van der Waals surface area contributed by atoms with Crippen LogP contribution < -0.4 is 15.4 Å². The van der Waals surface area contributed by atoms with Crippen molar-refractivity contribution in [2.45, 2.75) is 0 Å². The highest BCUT2D eigenvalue weighted by Crippen LogP contribution is 2.29. The lowest BCUT2D eigenvalue weighted by molar-refractivity contribution is 0.262. The van der Waals surface area contributed by atoms with E-state index in [0.717, 1.165) is 9.88 Å². The minimum atomic E-state index is -0.373. The molecule has 0 aliphatic rings. The zero-order valence-electron chi connectivity index (χ0n) is 11.6. The molecule has 0 saturated heterocycles. The van der Waals surface area contributed by atoms with Crippen LogP contribution in [0.25, 0.3) is 9.88 Å². The third kappa shape index (κ3) is 3.41. The summed E-state index contributed by atoms with van der Waals surface area (Å²) in [6.07, 6.45) is 0. The van der Waals surface area contributed by atoms with Crippen LogP contribution in [-0.2, 0) is 0 Å². The maximum atomic E-state index is 12.0. The molecule has 1 aromatic carbocycles. The maximum absolute atomic E-state index is 12.0. The topological polar surface area (TPSA) is 76.1 Å². The summed E-state index contributed by atoms with van der Waals surface area (Å²) in [7, 11) is 1.58. The number of urea groups is 1. The minimum Gasteiger partial charge on any atom is -0.497 e. The molecule has 22 heavy (non-hydrogen) atoms. The Morgan fingerprint density at radius 2 is 2.09 bits per heavy atom. The number of methoxy groups -OCH3 is 1. The van der Waals surface area contributed by atoms with Gasteiger partial charge in [-0.05, 0) is 23.6 Å². The number of aromatic nitrogens is 2. The summed E-state index contributed by atoms with van der Waals surface area (Å²) >= 11 is 2.91. The van der Waals surface area contributed by atoms with Crippen LogP contribution in [0.4, 0.5) is 15.6 Å². The summed E-state index contributed by atoms with van der Waals surface area (Å²) in [4.78, 5) is 13.0. The number of ether oxygens (including phenoxy) is 1. The standard InChI is InChI=1S/C14H12N4O2S2/c1-20-10-5-2-4-9(8-10)15-13(19)16-14-18-17-12(22-14)11-6-3-7-21-11/h2-8H,1H3,(H2,15,16,18,19). The Kier molecular flexibility index (Phi) is 4.31. The van der Waals surface area contributed by atoms with Crippen molar-refractivity contribution in [1.29, 1.82) is 0 Å². The van der Waals surface area contributed by atoms with Gasteiger partial charge in [0.15, 0.2) is 5.01 Å². The summed E-state index contributed by atoms with van der Waals surface area (Å²) in [6.45, 7) is 0. The van der Waals surface area contributed by atoms with Gasteiger partial charge in [-0.3, -0.25) is 5.32 Å². The first-order valence-corrected chi connectivity index (χ1v) is 8.03. The third-order valence-corrected chi connectivity index (χ3v) is 4.58. The Bertz CT molecular complexity index is 771. The normalized spacial score (nSPS) is 10.2. The van der Waals surface area contributed by atoms with Crippen molar-refractivity contribution in [3.05, 3.63) is 41.8 Å². The first-order chi connectivity index (χ1) is 10.7. The predicted molar refractivity (Wildman–Crippen MR) is 88.9 cm³/mol. The van der Waals surface area contributed by atoms with Gasteiger partial charge in [-0.1, -0.05) is 23.5 Å². The van der Waals surface area contributed by atoms with Crippen molar-refractivity contribution in [3.63, 3.8) is 0 Å². The number of carbonyl (C=O) groups is 1. The highest BCUT2D eigenvalue weighted by Gasteiger charge is 2.10. The average Bonchev–Trinajstić information content (AvgIpc) is 3.18. The number of amides is 2. The Hall–Kier alpha value is -2.45. The van der Waals surface area contributed by atoms with Crippen LogP contribution in [0, 0.1) is 0 Å². The fourth-order valence-corrected chi connectivity index (χ4v) is 3.26. The first kappa shape index (κ1) is 14.5. The average molecular weight is 332 g/mol. The molecule has 3 rings (SSSR count). The molecule has 2 heterocycles. The number of benzene rings is 1. The van der Waals surface area contributed by atoms with Crippen molar-refractivity contribution in [2.24, 2.45) is 0 Å². The van der Waals surface area contributed by atoms with Gasteiger partial charge in [-0.25, -0.2) is 4.79 Å². The molecule has 0 atom stereocenters. The van der Waals surface area contributed by atoms with Crippen LogP contribution in [0.1, 0.15) is 0 Å². The molecule has 0 unspecified atom stereocenters. The number of rotatable bonds is 4. The van der Waals surface area contributed by atoms with Gasteiger partial charge >= 0.3 is 6.03 Å². The van der Waals surface area contributed by atoms with Gasteiger partial charge in [-0.2, -0.15) is 0 Å². The van der Waals surface area contributed by atoms with E-state index < -0.39 is 0 Å². The van der Waals surface area contributed by atoms with Crippen molar-refractivity contribution < 1.29 is 9.53 Å². The molecule has 0 saturated carbocycles. The molecule has 2 aromatic heterocycles. The molecule has 3 aromatic rings. The molecule has 0 bridgehead atoms. The fraction of sp³-hybridized carbons (Fsp3) is 0.0714. The van der Waals surface area contributed by atoms with Crippen LogP contribution in [-0.4, -0.2) is 23.3 Å². The summed E-state index contributed by atoms with van der Waals surface area (Å²) in [6, 6.07) is 10.7. The van der Waals surface area contributed by atoms with Crippen molar-refractivity contribution in [2.75, 3.05) is 17.7 Å². The lowest BCUT2D eigenvalue weighted by Gasteiger charge is -2.06. The third-order valence-electron chi connectivity index (χ3n) is 2.71. The largest absolute Gasteiger partial charge is 0.497 e. The zero-order chi connectivity index (χ0) is 15.4. The van der Waals surface area contributed by atoms with Crippen LogP contribution in [0.3, 0.4) is 0 Å². The summed E-state index contributed by atoms with van der Waals surface area (Å²) in [5.41, 5.74) is 0.639. The van der Waals surface area contributed by atoms with E-state index in [4.69, 9.17) is 4.74 Å². The molecular weight excluding hydrogens is 320 g/mol. The minimum absolute atomic E-state index is 0.373. The highest BCUT2D eigenvalue weighted by molar-refractivity contribution is 7.23. The number of nitrogens with zero attached hydrogens (tertiary/aromatic N) is 2. The maximum Gasteiger partial charge on any atom is 0.325 e. The first-order valence-electron chi connectivity index (χ1n) is 6.34. The van der Waals surface area contributed by atoms with E-state index in [1.807, 2.05) is 17.5 Å². The molecule has 6 nitrogen and oxygen atoms in total. The molecule has 0 radical (unpaired) electrons. The van der Waals surface area contributed by atoms with Crippen LogP contribution in [0.2, 0.25) is 0 Å². The van der Waals surface area contributed by atoms with Crippen molar-refractivity contribution in [3.8, 4) is 15.6 Å². The smallest absolute Gasteiger partial charge is 0.325 e.